The van der Waals surface area contributed by atoms with Crippen LogP contribution >= 0.6 is 11.6 Å². The van der Waals surface area contributed by atoms with E-state index in [0.29, 0.717) is 25.5 Å². The Balaban J connectivity index is 1.30. The number of benzene rings is 2. The Morgan fingerprint density at radius 3 is 2.58 bits per heavy atom. The molecular formula is C25H28ClFN4O2. The summed E-state index contributed by atoms with van der Waals surface area (Å²) in [5.41, 5.74) is 2.44. The molecule has 0 radical (unpaired) electrons. The molecule has 2 saturated heterocycles. The lowest BCUT2D eigenvalue weighted by molar-refractivity contribution is -0.0843. The van der Waals surface area contributed by atoms with E-state index in [1.807, 2.05) is 48.0 Å². The van der Waals surface area contributed by atoms with Gasteiger partial charge in [0.1, 0.15) is 5.82 Å². The number of hydrogen-bond donors (Lipinski definition) is 1. The molecule has 0 aliphatic carbocycles. The van der Waals surface area contributed by atoms with Crippen LogP contribution < -0.4 is 5.32 Å². The van der Waals surface area contributed by atoms with E-state index in [2.05, 4.69) is 15.3 Å². The van der Waals surface area contributed by atoms with Crippen LogP contribution in [-0.2, 0) is 17.8 Å². The van der Waals surface area contributed by atoms with Crippen LogP contribution in [0.3, 0.4) is 0 Å². The number of morpholine rings is 1. The minimum atomic E-state index is -0.223. The fraction of sp³-hybridized carbons (Fsp3) is 0.440. The molecule has 6 nitrogen and oxygen atoms in total. The molecule has 0 spiro atoms. The van der Waals surface area contributed by atoms with E-state index in [-0.39, 0.29) is 35.2 Å². The van der Waals surface area contributed by atoms with Crippen LogP contribution in [0.1, 0.15) is 35.8 Å². The first-order chi connectivity index (χ1) is 16.0. The molecule has 1 amide bonds. The Bertz CT molecular complexity index is 1120. The zero-order valence-corrected chi connectivity index (χ0v) is 19.3. The number of carbonyl (C=O) groups excluding carboxylic acids is 1. The quantitative estimate of drug-likeness (QED) is 0.554. The molecule has 2 aromatic carbocycles. The number of ether oxygens (including phenoxy) is 1. The van der Waals surface area contributed by atoms with Crippen molar-refractivity contribution in [2.24, 2.45) is 0 Å². The van der Waals surface area contributed by atoms with Crippen molar-refractivity contribution in [1.29, 1.82) is 0 Å². The van der Waals surface area contributed by atoms with Crippen molar-refractivity contribution in [2.75, 3.05) is 13.2 Å². The van der Waals surface area contributed by atoms with Crippen molar-refractivity contribution in [3.8, 4) is 0 Å². The maximum Gasteiger partial charge on any atom is 0.272 e. The average Bonchev–Trinajstić information content (AvgIpc) is 3.14. The van der Waals surface area contributed by atoms with Crippen LogP contribution in [0, 0.1) is 5.82 Å². The number of fused-ring (bicyclic) bond motifs is 3. The van der Waals surface area contributed by atoms with Gasteiger partial charge in [-0.1, -0.05) is 30.3 Å². The second kappa shape index (κ2) is 9.41. The van der Waals surface area contributed by atoms with Crippen molar-refractivity contribution < 1.29 is 13.9 Å². The highest BCUT2D eigenvalue weighted by Gasteiger charge is 2.39. The molecule has 174 valence electrons. The summed E-state index contributed by atoms with van der Waals surface area (Å²) in [5.74, 6) is -0.373. The van der Waals surface area contributed by atoms with Gasteiger partial charge >= 0.3 is 0 Å². The number of aromatic nitrogens is 2. The van der Waals surface area contributed by atoms with Gasteiger partial charge in [-0.25, -0.2) is 4.39 Å². The molecule has 2 aliphatic rings. The van der Waals surface area contributed by atoms with Gasteiger partial charge < -0.3 is 10.1 Å². The number of halogens is 2. The minimum Gasteiger partial charge on any atom is -0.378 e. The summed E-state index contributed by atoms with van der Waals surface area (Å²) in [5, 5.41) is 8.58. The van der Waals surface area contributed by atoms with Gasteiger partial charge in [-0.05, 0) is 43.5 Å². The van der Waals surface area contributed by atoms with Crippen molar-refractivity contribution in [3.05, 3.63) is 65.6 Å². The molecule has 1 N–H and O–H groups in total. The Morgan fingerprint density at radius 2 is 1.88 bits per heavy atom. The molecule has 2 aliphatic heterocycles. The number of nitrogens with zero attached hydrogens (tertiary/aromatic N) is 3. The monoisotopic (exact) mass is 470 g/mol. The van der Waals surface area contributed by atoms with Crippen molar-refractivity contribution in [3.63, 3.8) is 0 Å². The third kappa shape index (κ3) is 4.76. The van der Waals surface area contributed by atoms with Gasteiger partial charge in [-0.2, -0.15) is 5.10 Å². The highest BCUT2D eigenvalue weighted by molar-refractivity contribution is 6.20. The first-order valence-corrected chi connectivity index (χ1v) is 11.9. The van der Waals surface area contributed by atoms with Crippen LogP contribution in [0.2, 0.25) is 0 Å². The smallest absolute Gasteiger partial charge is 0.272 e. The van der Waals surface area contributed by atoms with Gasteiger partial charge in [0.15, 0.2) is 5.69 Å². The summed E-state index contributed by atoms with van der Waals surface area (Å²) in [6.45, 7) is 4.48. The summed E-state index contributed by atoms with van der Waals surface area (Å²) < 4.78 is 20.9. The van der Waals surface area contributed by atoms with Gasteiger partial charge in [0.25, 0.3) is 5.91 Å². The normalized spacial score (nSPS) is 24.0. The summed E-state index contributed by atoms with van der Waals surface area (Å²) >= 11 is 6.19. The first kappa shape index (κ1) is 22.3. The Kier molecular flexibility index (Phi) is 6.36. The van der Waals surface area contributed by atoms with Crippen molar-refractivity contribution >= 4 is 28.4 Å². The standard InChI is InChI=1S/C25H28ClFN4O2/c1-16(26)12-31-23-5-3-2-4-22(23)24(29-31)25(32)28-19-10-20-14-33-15-21(11-19)30(20)13-17-6-8-18(27)9-7-17/h2-9,16,19-21H,10-15H2,1H3,(H,28,32). The Morgan fingerprint density at radius 1 is 1.18 bits per heavy atom. The molecule has 2 fully saturated rings. The number of nitrogens with one attached hydrogen (secondary N) is 1. The van der Waals surface area contributed by atoms with Crippen LogP contribution in [0.5, 0.6) is 0 Å². The average molecular weight is 471 g/mol. The van der Waals surface area contributed by atoms with Crippen LogP contribution in [0.25, 0.3) is 10.9 Å². The number of carbonyl (C=O) groups is 1. The summed E-state index contributed by atoms with van der Waals surface area (Å²) in [4.78, 5) is 15.7. The fourth-order valence-corrected chi connectivity index (χ4v) is 5.22. The van der Waals surface area contributed by atoms with Crippen LogP contribution in [0.4, 0.5) is 4.39 Å². The molecular weight excluding hydrogens is 443 g/mol. The van der Waals surface area contributed by atoms with Gasteiger partial charge in [-0.15, -0.1) is 11.6 Å². The van der Waals surface area contributed by atoms with E-state index in [1.54, 1.807) is 0 Å². The van der Waals surface area contributed by atoms with Gasteiger partial charge in [-0.3, -0.25) is 14.4 Å². The van der Waals surface area contributed by atoms with E-state index < -0.39 is 0 Å². The highest BCUT2D eigenvalue weighted by atomic mass is 35.5. The van der Waals surface area contributed by atoms with Gasteiger partial charge in [0.2, 0.25) is 0 Å². The summed E-state index contributed by atoms with van der Waals surface area (Å²) in [6, 6.07) is 14.9. The van der Waals surface area contributed by atoms with Crippen molar-refractivity contribution in [2.45, 2.75) is 56.4 Å². The number of rotatable bonds is 6. The Labute approximate surface area is 197 Å². The molecule has 0 saturated carbocycles. The van der Waals surface area contributed by atoms with E-state index in [1.165, 1.54) is 12.1 Å². The molecule has 1 aromatic heterocycles. The van der Waals surface area contributed by atoms with Gasteiger partial charge in [0.05, 0.1) is 30.7 Å². The van der Waals surface area contributed by atoms with E-state index in [4.69, 9.17) is 16.3 Å². The molecule has 3 heterocycles. The predicted molar refractivity (Wildman–Crippen MR) is 126 cm³/mol. The molecule has 5 rings (SSSR count). The first-order valence-electron chi connectivity index (χ1n) is 11.5. The van der Waals surface area contributed by atoms with Crippen LogP contribution in [0.15, 0.2) is 48.5 Å². The minimum absolute atomic E-state index is 0.0525. The third-order valence-corrected chi connectivity index (χ3v) is 6.72. The summed E-state index contributed by atoms with van der Waals surface area (Å²) in [7, 11) is 0. The lowest BCUT2D eigenvalue weighted by Gasteiger charge is -2.48. The maximum absolute atomic E-state index is 13.3. The zero-order chi connectivity index (χ0) is 22.9. The second-order valence-corrected chi connectivity index (χ2v) is 9.86. The molecule has 33 heavy (non-hydrogen) atoms. The number of amides is 1. The number of para-hydroxylation sites is 1. The lowest BCUT2D eigenvalue weighted by Crippen LogP contribution is -2.60. The molecule has 8 heteroatoms. The largest absolute Gasteiger partial charge is 0.378 e. The molecule has 2 bridgehead atoms. The number of alkyl halides is 1. The maximum atomic E-state index is 13.3. The number of hydrogen-bond acceptors (Lipinski definition) is 4. The molecule has 3 unspecified atom stereocenters. The fourth-order valence-electron chi connectivity index (χ4n) is 5.09. The third-order valence-electron chi connectivity index (χ3n) is 6.58. The van der Waals surface area contributed by atoms with Crippen LogP contribution in [-0.4, -0.2) is 57.3 Å². The van der Waals surface area contributed by atoms with E-state index >= 15 is 0 Å². The predicted octanol–water partition coefficient (Wildman–Crippen LogP) is 3.96. The van der Waals surface area contributed by atoms with E-state index in [9.17, 15) is 9.18 Å². The lowest BCUT2D eigenvalue weighted by atomic mass is 9.89. The van der Waals surface area contributed by atoms with Crippen molar-refractivity contribution in [1.82, 2.24) is 20.0 Å². The number of piperidine rings is 1. The molecule has 3 atom stereocenters. The van der Waals surface area contributed by atoms with E-state index in [0.717, 1.165) is 35.9 Å². The van der Waals surface area contributed by atoms with Gasteiger partial charge in [0, 0.05) is 30.1 Å². The Hall–Kier alpha value is -2.48. The topological polar surface area (TPSA) is 59.4 Å². The summed E-state index contributed by atoms with van der Waals surface area (Å²) in [6.07, 6.45) is 1.61. The zero-order valence-electron chi connectivity index (χ0n) is 18.6. The second-order valence-electron chi connectivity index (χ2n) is 9.11. The SMILES string of the molecule is CC(Cl)Cn1nc(C(=O)NC2CC3COCC(C2)N3Cc2ccc(F)cc2)c2ccccc21. The molecule has 3 aromatic rings. The highest BCUT2D eigenvalue weighted by Crippen LogP contribution is 2.30.